The van der Waals surface area contributed by atoms with Gasteiger partial charge in [0.15, 0.2) is 0 Å². The topological polar surface area (TPSA) is 89.9 Å². The molecule has 1 aliphatic rings. The highest BCUT2D eigenvalue weighted by atomic mass is 32.1. The Labute approximate surface area is 92.5 Å². The first-order chi connectivity index (χ1) is 7.63. The molecule has 0 N–H and O–H groups in total. The van der Waals surface area contributed by atoms with Gasteiger partial charge in [0, 0.05) is 5.56 Å². The van der Waals surface area contributed by atoms with Crippen LogP contribution in [0.4, 0.5) is 0 Å². The molecule has 1 aromatic carbocycles. The van der Waals surface area contributed by atoms with Crippen LogP contribution in [-0.2, 0) is 16.2 Å². The van der Waals surface area contributed by atoms with E-state index in [1.807, 2.05) is 0 Å². The molecule has 1 aromatic rings. The zero-order valence-electron chi connectivity index (χ0n) is 7.63. The van der Waals surface area contributed by atoms with Crippen molar-refractivity contribution < 1.29 is 23.3 Å². The first kappa shape index (κ1) is 10.4. The summed E-state index contributed by atoms with van der Waals surface area (Å²) in [7, 11) is 0. The Balaban J connectivity index is 2.52. The second-order valence-corrected chi connectivity index (χ2v) is 3.24. The van der Waals surface area contributed by atoms with E-state index >= 15 is 0 Å². The Morgan fingerprint density at radius 1 is 1.19 bits per heavy atom. The van der Waals surface area contributed by atoms with Gasteiger partial charge < -0.3 is 4.74 Å². The summed E-state index contributed by atoms with van der Waals surface area (Å²) in [4.78, 5) is 33.4. The number of ether oxygens (including phenoxy) is 1. The van der Waals surface area contributed by atoms with E-state index in [4.69, 9.17) is 0 Å². The van der Waals surface area contributed by atoms with Crippen molar-refractivity contribution in [3.8, 4) is 0 Å². The number of benzene rings is 1. The van der Waals surface area contributed by atoms with Crippen LogP contribution in [0.1, 0.15) is 31.1 Å². The Kier molecular flexibility index (Phi) is 2.45. The van der Waals surface area contributed by atoms with Crippen molar-refractivity contribution in [3.05, 3.63) is 34.9 Å². The van der Waals surface area contributed by atoms with Gasteiger partial charge in [-0.15, -0.1) is 4.36 Å². The summed E-state index contributed by atoms with van der Waals surface area (Å²) in [5.41, 5.74) is 0.187. The SMILES string of the molecule is O=S=NC(=O)c1ccc2c(c1)C(=O)OC2=O. The molecular weight excluding hydrogens is 234 g/mol. The quantitative estimate of drug-likeness (QED) is 0.525. The fraction of sp³-hybridized carbons (Fsp3) is 0. The molecule has 1 heterocycles. The molecule has 0 fully saturated rings. The van der Waals surface area contributed by atoms with E-state index in [9.17, 15) is 18.6 Å². The van der Waals surface area contributed by atoms with Crippen LogP contribution in [0.3, 0.4) is 0 Å². The van der Waals surface area contributed by atoms with Gasteiger partial charge in [0.2, 0.25) is 11.5 Å². The van der Waals surface area contributed by atoms with Gasteiger partial charge in [0.25, 0.3) is 5.91 Å². The summed E-state index contributed by atoms with van der Waals surface area (Å²) in [6.07, 6.45) is 0. The van der Waals surface area contributed by atoms with Crippen LogP contribution in [0.5, 0.6) is 0 Å². The van der Waals surface area contributed by atoms with Crippen molar-refractivity contribution in [1.29, 1.82) is 0 Å². The van der Waals surface area contributed by atoms with Gasteiger partial charge in [-0.3, -0.25) is 4.79 Å². The predicted octanol–water partition coefficient (Wildman–Crippen LogP) is 0.534. The Bertz CT molecular complexity index is 573. The lowest BCUT2D eigenvalue weighted by atomic mass is 10.1. The molecule has 16 heavy (non-hydrogen) atoms. The monoisotopic (exact) mass is 237 g/mol. The molecule has 0 bridgehead atoms. The molecule has 0 saturated heterocycles. The van der Waals surface area contributed by atoms with Crippen molar-refractivity contribution in [2.24, 2.45) is 4.36 Å². The summed E-state index contributed by atoms with van der Waals surface area (Å²) in [6, 6.07) is 3.78. The highest BCUT2D eigenvalue weighted by Gasteiger charge is 2.30. The fourth-order valence-electron chi connectivity index (χ4n) is 1.30. The van der Waals surface area contributed by atoms with E-state index in [-0.39, 0.29) is 28.2 Å². The molecule has 0 atom stereocenters. The third kappa shape index (κ3) is 1.57. The highest BCUT2D eigenvalue weighted by molar-refractivity contribution is 7.55. The van der Waals surface area contributed by atoms with Crippen LogP contribution in [-0.4, -0.2) is 22.1 Å². The van der Waals surface area contributed by atoms with Gasteiger partial charge in [-0.2, -0.15) is 4.21 Å². The average molecular weight is 237 g/mol. The standard InChI is InChI=1S/C9H3NO5S/c11-7(10-16-14)4-1-2-5-6(3-4)9(13)15-8(5)12/h1-3H. The fourth-order valence-corrected chi connectivity index (χ4v) is 1.48. The number of cyclic esters (lactones) is 2. The van der Waals surface area contributed by atoms with Crippen LogP contribution in [0.2, 0.25) is 0 Å². The lowest BCUT2D eigenvalue weighted by Crippen LogP contribution is -1.99. The number of fused-ring (bicyclic) bond motifs is 1. The molecule has 0 aliphatic carbocycles. The largest absolute Gasteiger partial charge is 0.386 e. The van der Waals surface area contributed by atoms with Crippen LogP contribution in [0.25, 0.3) is 0 Å². The summed E-state index contributed by atoms with van der Waals surface area (Å²) < 4.78 is 17.4. The van der Waals surface area contributed by atoms with Crippen LogP contribution < -0.4 is 0 Å². The van der Waals surface area contributed by atoms with E-state index in [1.54, 1.807) is 0 Å². The number of esters is 2. The van der Waals surface area contributed by atoms with Crippen molar-refractivity contribution in [3.63, 3.8) is 0 Å². The lowest BCUT2D eigenvalue weighted by molar-refractivity contribution is 0.0443. The first-order valence-electron chi connectivity index (χ1n) is 4.08. The third-order valence-electron chi connectivity index (χ3n) is 2.01. The normalized spacial score (nSPS) is 13.0. The molecule has 1 aliphatic heterocycles. The molecule has 7 heteroatoms. The number of nitrogens with zero attached hydrogens (tertiary/aromatic N) is 1. The predicted molar refractivity (Wildman–Crippen MR) is 51.1 cm³/mol. The summed E-state index contributed by atoms with van der Waals surface area (Å²) in [5.74, 6) is -2.30. The van der Waals surface area contributed by atoms with Gasteiger partial charge in [-0.25, -0.2) is 9.59 Å². The van der Waals surface area contributed by atoms with E-state index in [1.165, 1.54) is 18.2 Å². The Morgan fingerprint density at radius 3 is 2.56 bits per heavy atom. The Hall–Kier alpha value is -2.15. The van der Waals surface area contributed by atoms with Crippen molar-refractivity contribution in [1.82, 2.24) is 0 Å². The molecule has 6 nitrogen and oxygen atoms in total. The molecule has 80 valence electrons. The molecule has 2 rings (SSSR count). The van der Waals surface area contributed by atoms with E-state index in [0.717, 1.165) is 0 Å². The summed E-state index contributed by atoms with van der Waals surface area (Å²) in [5, 5.41) is 0. The summed E-state index contributed by atoms with van der Waals surface area (Å²) in [6.45, 7) is 0. The van der Waals surface area contributed by atoms with E-state index in [2.05, 4.69) is 9.10 Å². The van der Waals surface area contributed by atoms with Gasteiger partial charge >= 0.3 is 11.9 Å². The lowest BCUT2D eigenvalue weighted by Gasteiger charge is -1.95. The van der Waals surface area contributed by atoms with Gasteiger partial charge in [-0.05, 0) is 18.2 Å². The maximum absolute atomic E-state index is 11.2. The van der Waals surface area contributed by atoms with Crippen LogP contribution in [0.15, 0.2) is 22.6 Å². The van der Waals surface area contributed by atoms with Crippen molar-refractivity contribution in [2.45, 2.75) is 0 Å². The summed E-state index contributed by atoms with van der Waals surface area (Å²) >= 11 is -0.218. The van der Waals surface area contributed by atoms with Gasteiger partial charge in [-0.1, -0.05) is 0 Å². The van der Waals surface area contributed by atoms with Crippen molar-refractivity contribution >= 4 is 29.3 Å². The number of hydrogen-bond donors (Lipinski definition) is 0. The molecule has 1 amide bonds. The minimum absolute atomic E-state index is 0.0157. The number of hydrogen-bond acceptors (Lipinski definition) is 5. The number of rotatable bonds is 1. The minimum Gasteiger partial charge on any atom is -0.386 e. The van der Waals surface area contributed by atoms with Gasteiger partial charge in [0.1, 0.15) is 0 Å². The smallest absolute Gasteiger partial charge is 0.346 e. The zero-order chi connectivity index (χ0) is 11.7. The second-order valence-electron chi connectivity index (χ2n) is 2.91. The number of carbonyl (C=O) groups is 3. The molecule has 0 radical (unpaired) electrons. The van der Waals surface area contributed by atoms with Crippen LogP contribution >= 0.6 is 0 Å². The first-order valence-corrected chi connectivity index (χ1v) is 4.78. The zero-order valence-corrected chi connectivity index (χ0v) is 8.45. The number of carbonyl (C=O) groups excluding carboxylic acids is 3. The molecule has 0 spiro atoms. The third-order valence-corrected chi connectivity index (χ3v) is 2.25. The Morgan fingerprint density at radius 2 is 1.88 bits per heavy atom. The second kappa shape index (κ2) is 3.78. The molecular formula is C9H3NO5S. The molecule has 0 unspecified atom stereocenters. The minimum atomic E-state index is -0.801. The van der Waals surface area contributed by atoms with Gasteiger partial charge in [0.05, 0.1) is 11.1 Å². The molecule has 0 saturated carbocycles. The van der Waals surface area contributed by atoms with E-state index in [0.29, 0.717) is 0 Å². The maximum atomic E-state index is 11.2. The van der Waals surface area contributed by atoms with Crippen LogP contribution in [0, 0.1) is 0 Å². The average Bonchev–Trinajstić information content (AvgIpc) is 2.55. The van der Waals surface area contributed by atoms with Crippen molar-refractivity contribution in [2.75, 3.05) is 0 Å². The highest BCUT2D eigenvalue weighted by Crippen LogP contribution is 2.21. The number of amides is 1. The maximum Gasteiger partial charge on any atom is 0.346 e. The molecule has 0 aromatic heterocycles. The van der Waals surface area contributed by atoms with E-state index < -0.39 is 17.8 Å².